The van der Waals surface area contributed by atoms with E-state index in [9.17, 15) is 0 Å². The van der Waals surface area contributed by atoms with Crippen LogP contribution in [0.5, 0.6) is 5.75 Å². The van der Waals surface area contributed by atoms with E-state index in [-0.39, 0.29) is 0 Å². The molecule has 0 spiro atoms. The number of nitrogens with zero attached hydrogens (tertiary/aromatic N) is 1. The van der Waals surface area contributed by atoms with Crippen molar-refractivity contribution in [3.63, 3.8) is 0 Å². The molecule has 0 heterocycles. The Hall–Kier alpha value is -2.40. The Morgan fingerprint density at radius 1 is 1.14 bits per heavy atom. The summed E-state index contributed by atoms with van der Waals surface area (Å²) in [4.78, 5) is 0. The fourth-order valence-corrected chi connectivity index (χ4v) is 2.01. The van der Waals surface area contributed by atoms with Gasteiger partial charge in [-0.3, -0.25) is 5.43 Å². The molecule has 2 rings (SSSR count). The van der Waals surface area contributed by atoms with Crippen molar-refractivity contribution in [2.45, 2.75) is 13.8 Å². The summed E-state index contributed by atoms with van der Waals surface area (Å²) in [6.07, 6.45) is 0. The summed E-state index contributed by atoms with van der Waals surface area (Å²) in [6.45, 7) is 3.96. The number of hydrazone groups is 1. The van der Waals surface area contributed by atoms with Gasteiger partial charge in [-0.2, -0.15) is 5.10 Å². The second kappa shape index (κ2) is 7.56. The molecule has 2 aromatic carbocycles. The summed E-state index contributed by atoms with van der Waals surface area (Å²) < 4.78 is 5.21. The number of aryl methyl sites for hydroxylation is 1. The van der Waals surface area contributed by atoms with Crippen LogP contribution < -0.4 is 15.5 Å². The molecule has 5 heteroatoms. The number of anilines is 1. The summed E-state index contributed by atoms with van der Waals surface area (Å²) >= 11 is 5.23. The highest BCUT2D eigenvalue weighted by Gasteiger charge is 2.01. The molecule has 0 aliphatic rings. The average molecular weight is 313 g/mol. The van der Waals surface area contributed by atoms with Crippen LogP contribution in [0.4, 0.5) is 5.69 Å². The second-order valence-electron chi connectivity index (χ2n) is 4.86. The van der Waals surface area contributed by atoms with Crippen LogP contribution in [0, 0.1) is 6.92 Å². The smallest absolute Gasteiger partial charge is 0.191 e. The van der Waals surface area contributed by atoms with Crippen LogP contribution in [0.1, 0.15) is 18.1 Å². The van der Waals surface area contributed by atoms with Gasteiger partial charge < -0.3 is 10.1 Å². The number of hydrogen-bond donors (Lipinski definition) is 2. The highest BCUT2D eigenvalue weighted by molar-refractivity contribution is 7.80. The molecule has 4 nitrogen and oxygen atoms in total. The van der Waals surface area contributed by atoms with Crippen LogP contribution in [0.3, 0.4) is 0 Å². The second-order valence-corrected chi connectivity index (χ2v) is 5.27. The molecule has 0 saturated heterocycles. The number of benzene rings is 2. The number of ether oxygens (including phenoxy) is 1. The number of hydrogen-bond acceptors (Lipinski definition) is 3. The third kappa shape index (κ3) is 4.56. The van der Waals surface area contributed by atoms with Gasteiger partial charge in [0.1, 0.15) is 5.75 Å². The zero-order valence-electron chi connectivity index (χ0n) is 12.9. The van der Waals surface area contributed by atoms with Crippen LogP contribution in [0.15, 0.2) is 53.6 Å². The van der Waals surface area contributed by atoms with E-state index >= 15 is 0 Å². The lowest BCUT2D eigenvalue weighted by atomic mass is 10.1. The van der Waals surface area contributed by atoms with Gasteiger partial charge in [-0.05, 0) is 50.3 Å². The van der Waals surface area contributed by atoms with Gasteiger partial charge in [0.05, 0.1) is 12.8 Å². The summed E-state index contributed by atoms with van der Waals surface area (Å²) in [5.74, 6) is 0.799. The first-order chi connectivity index (χ1) is 10.6. The van der Waals surface area contributed by atoms with Crippen molar-refractivity contribution < 1.29 is 4.74 Å². The van der Waals surface area contributed by atoms with E-state index in [0.717, 1.165) is 22.7 Å². The highest BCUT2D eigenvalue weighted by Crippen LogP contribution is 2.13. The Kier molecular flexibility index (Phi) is 5.49. The molecule has 0 bridgehead atoms. The number of rotatable bonds is 4. The minimum Gasteiger partial charge on any atom is -0.497 e. The lowest BCUT2D eigenvalue weighted by molar-refractivity contribution is 0.414. The van der Waals surface area contributed by atoms with E-state index in [0.29, 0.717) is 5.11 Å². The van der Waals surface area contributed by atoms with Gasteiger partial charge in [0.2, 0.25) is 0 Å². The molecule has 22 heavy (non-hydrogen) atoms. The maximum Gasteiger partial charge on any atom is 0.191 e. The lowest BCUT2D eigenvalue weighted by Crippen LogP contribution is -2.24. The van der Waals surface area contributed by atoms with Crippen LogP contribution in [-0.2, 0) is 0 Å². The van der Waals surface area contributed by atoms with Gasteiger partial charge >= 0.3 is 0 Å². The molecule has 0 unspecified atom stereocenters. The SMILES string of the molecule is COc1cccc(/C(C)=N\NC(=S)Nc2ccc(C)cc2)c1. The van der Waals surface area contributed by atoms with E-state index in [4.69, 9.17) is 17.0 Å². The average Bonchev–Trinajstić information content (AvgIpc) is 2.55. The summed E-state index contributed by atoms with van der Waals surface area (Å²) in [6, 6.07) is 15.7. The molecule has 114 valence electrons. The molecule has 0 atom stereocenters. The maximum absolute atomic E-state index is 5.23. The molecular formula is C17H19N3OS. The van der Waals surface area contributed by atoms with Crippen molar-refractivity contribution in [1.82, 2.24) is 5.43 Å². The van der Waals surface area contributed by atoms with Crippen LogP contribution >= 0.6 is 12.2 Å². The molecule has 2 N–H and O–H groups in total. The van der Waals surface area contributed by atoms with Gasteiger partial charge in [0.15, 0.2) is 5.11 Å². The lowest BCUT2D eigenvalue weighted by Gasteiger charge is -2.09. The molecule has 0 fully saturated rings. The van der Waals surface area contributed by atoms with Crippen molar-refractivity contribution in [1.29, 1.82) is 0 Å². The van der Waals surface area contributed by atoms with Crippen molar-refractivity contribution in [2.75, 3.05) is 12.4 Å². The van der Waals surface area contributed by atoms with Gasteiger partial charge in [-0.1, -0.05) is 29.8 Å². The minimum atomic E-state index is 0.450. The first-order valence-electron chi connectivity index (χ1n) is 6.91. The van der Waals surface area contributed by atoms with E-state index in [1.165, 1.54) is 5.56 Å². The first-order valence-corrected chi connectivity index (χ1v) is 7.31. The third-order valence-corrected chi connectivity index (χ3v) is 3.32. The predicted octanol–water partition coefficient (Wildman–Crippen LogP) is 3.71. The van der Waals surface area contributed by atoms with E-state index < -0.39 is 0 Å². The highest BCUT2D eigenvalue weighted by atomic mass is 32.1. The minimum absolute atomic E-state index is 0.450. The quantitative estimate of drug-likeness (QED) is 0.513. The molecule has 0 radical (unpaired) electrons. The molecule has 0 aromatic heterocycles. The Morgan fingerprint density at radius 3 is 2.55 bits per heavy atom. The van der Waals surface area contributed by atoms with E-state index in [2.05, 4.69) is 15.8 Å². The molecule has 2 aromatic rings. The fourth-order valence-electron chi connectivity index (χ4n) is 1.84. The van der Waals surface area contributed by atoms with Gasteiger partial charge in [0.25, 0.3) is 0 Å². The van der Waals surface area contributed by atoms with Gasteiger partial charge in [-0.15, -0.1) is 0 Å². The van der Waals surface area contributed by atoms with Gasteiger partial charge in [0, 0.05) is 11.3 Å². The number of thiocarbonyl (C=S) groups is 1. The largest absolute Gasteiger partial charge is 0.497 e. The molecule has 0 aliphatic carbocycles. The Balaban J connectivity index is 1.97. The maximum atomic E-state index is 5.23. The van der Waals surface area contributed by atoms with E-state index in [1.807, 2.05) is 62.4 Å². The van der Waals surface area contributed by atoms with Crippen molar-refractivity contribution in [3.8, 4) is 5.75 Å². The van der Waals surface area contributed by atoms with Crippen LogP contribution in [0.25, 0.3) is 0 Å². The van der Waals surface area contributed by atoms with Crippen LogP contribution in [0.2, 0.25) is 0 Å². The normalized spacial score (nSPS) is 11.0. The van der Waals surface area contributed by atoms with Crippen LogP contribution in [-0.4, -0.2) is 17.9 Å². The molecule has 0 aliphatic heterocycles. The molecule has 0 saturated carbocycles. The summed E-state index contributed by atoms with van der Waals surface area (Å²) in [7, 11) is 1.64. The van der Waals surface area contributed by atoms with Crippen molar-refractivity contribution in [2.24, 2.45) is 5.10 Å². The monoisotopic (exact) mass is 313 g/mol. The summed E-state index contributed by atoms with van der Waals surface area (Å²) in [5.41, 5.74) is 6.78. The molecular weight excluding hydrogens is 294 g/mol. The Bertz CT molecular complexity index is 681. The Labute approximate surface area is 136 Å². The zero-order valence-corrected chi connectivity index (χ0v) is 13.7. The van der Waals surface area contributed by atoms with Crippen molar-refractivity contribution >= 4 is 28.7 Å². The number of nitrogens with one attached hydrogen (secondary N) is 2. The number of methoxy groups -OCH3 is 1. The zero-order chi connectivity index (χ0) is 15.9. The molecule has 0 amide bonds. The van der Waals surface area contributed by atoms with E-state index in [1.54, 1.807) is 7.11 Å². The third-order valence-electron chi connectivity index (χ3n) is 3.12. The first kappa shape index (κ1) is 16.0. The van der Waals surface area contributed by atoms with Crippen molar-refractivity contribution in [3.05, 3.63) is 59.7 Å². The standard InChI is InChI=1S/C17H19N3OS/c1-12-7-9-15(10-8-12)18-17(22)20-19-13(2)14-5-4-6-16(11-14)21-3/h4-11H,1-3H3,(H2,18,20,22)/b19-13-. The van der Waals surface area contributed by atoms with Gasteiger partial charge in [-0.25, -0.2) is 0 Å². The fraction of sp³-hybridized carbons (Fsp3) is 0.176. The Morgan fingerprint density at radius 2 is 1.86 bits per heavy atom. The predicted molar refractivity (Wildman–Crippen MR) is 95.7 cm³/mol. The summed E-state index contributed by atoms with van der Waals surface area (Å²) in [5, 5.41) is 7.83. The topological polar surface area (TPSA) is 45.6 Å².